The van der Waals surface area contributed by atoms with Gasteiger partial charge in [-0.3, -0.25) is 4.98 Å². The van der Waals surface area contributed by atoms with Crippen molar-refractivity contribution in [1.82, 2.24) is 9.97 Å². The van der Waals surface area contributed by atoms with Gasteiger partial charge in [0.15, 0.2) is 0 Å². The zero-order valence-corrected chi connectivity index (χ0v) is 7.20. The van der Waals surface area contributed by atoms with Gasteiger partial charge in [-0.15, -0.1) is 0 Å². The van der Waals surface area contributed by atoms with Crippen LogP contribution in [0.1, 0.15) is 18.2 Å². The molecule has 1 unspecified atom stereocenters. The van der Waals surface area contributed by atoms with Crippen molar-refractivity contribution in [1.29, 1.82) is 0 Å². The number of hydrogen-bond donors (Lipinski definition) is 2. The van der Waals surface area contributed by atoms with Gasteiger partial charge in [-0.05, 0) is 6.42 Å². The van der Waals surface area contributed by atoms with E-state index in [0.717, 1.165) is 0 Å². The Kier molecular flexibility index (Phi) is 3.40. The van der Waals surface area contributed by atoms with E-state index in [0.29, 0.717) is 17.3 Å². The smallest absolute Gasteiger partial charge is 0.147 e. The minimum Gasteiger partial charge on any atom is -0.396 e. The monoisotopic (exact) mass is 187 g/mol. The molecule has 1 heterocycles. The summed E-state index contributed by atoms with van der Waals surface area (Å²) >= 11 is 5.53. The Morgan fingerprint density at radius 3 is 2.75 bits per heavy atom. The highest BCUT2D eigenvalue weighted by Gasteiger charge is 2.06. The Morgan fingerprint density at radius 2 is 2.25 bits per heavy atom. The van der Waals surface area contributed by atoms with E-state index in [1.165, 1.54) is 12.4 Å². The van der Waals surface area contributed by atoms with Gasteiger partial charge in [0.05, 0.1) is 24.1 Å². The molecule has 0 bridgehead atoms. The molecule has 0 aliphatic carbocycles. The van der Waals surface area contributed by atoms with Crippen LogP contribution in [0.4, 0.5) is 0 Å². The highest BCUT2D eigenvalue weighted by atomic mass is 35.5. The molecule has 0 fully saturated rings. The Hall–Kier alpha value is -0.710. The molecule has 0 saturated heterocycles. The molecule has 3 N–H and O–H groups in total. The summed E-state index contributed by atoms with van der Waals surface area (Å²) in [4.78, 5) is 7.79. The summed E-state index contributed by atoms with van der Waals surface area (Å²) in [5, 5.41) is 8.94. The molecule has 0 aliphatic heterocycles. The predicted octanol–water partition coefficient (Wildman–Crippen LogP) is 0.512. The molecule has 0 spiro atoms. The van der Waals surface area contributed by atoms with Crippen LogP contribution < -0.4 is 5.73 Å². The van der Waals surface area contributed by atoms with Gasteiger partial charge in [0.1, 0.15) is 5.15 Å². The lowest BCUT2D eigenvalue weighted by Crippen LogP contribution is -2.13. The van der Waals surface area contributed by atoms with Gasteiger partial charge in [-0.25, -0.2) is 4.98 Å². The van der Waals surface area contributed by atoms with Crippen molar-refractivity contribution in [2.75, 3.05) is 6.61 Å². The number of halogens is 1. The number of aromatic nitrogens is 2. The van der Waals surface area contributed by atoms with Crippen molar-refractivity contribution < 1.29 is 5.11 Å². The van der Waals surface area contributed by atoms with Crippen LogP contribution in [0, 0.1) is 0 Å². The molecule has 0 aliphatic rings. The SMILES string of the molecule is NC(CCO)c1cnc(Cl)cn1. The zero-order valence-electron chi connectivity index (χ0n) is 6.44. The first kappa shape index (κ1) is 9.38. The number of rotatable bonds is 3. The van der Waals surface area contributed by atoms with Gasteiger partial charge >= 0.3 is 0 Å². The fraction of sp³-hybridized carbons (Fsp3) is 0.429. The summed E-state index contributed by atoms with van der Waals surface area (Å²) in [7, 11) is 0. The van der Waals surface area contributed by atoms with E-state index in [1.807, 2.05) is 0 Å². The van der Waals surface area contributed by atoms with Crippen LogP contribution in [0.15, 0.2) is 12.4 Å². The molecule has 0 saturated carbocycles. The zero-order chi connectivity index (χ0) is 8.97. The average Bonchev–Trinajstić information content (AvgIpc) is 2.06. The minimum absolute atomic E-state index is 0.0471. The third-order valence-corrected chi connectivity index (χ3v) is 1.66. The van der Waals surface area contributed by atoms with Gasteiger partial charge in [0.25, 0.3) is 0 Å². The fourth-order valence-corrected chi connectivity index (χ4v) is 0.898. The van der Waals surface area contributed by atoms with Crippen molar-refractivity contribution in [3.63, 3.8) is 0 Å². The summed E-state index contributed by atoms with van der Waals surface area (Å²) in [6.07, 6.45) is 3.44. The minimum atomic E-state index is -0.264. The lowest BCUT2D eigenvalue weighted by atomic mass is 10.2. The second kappa shape index (κ2) is 4.35. The number of hydrogen-bond acceptors (Lipinski definition) is 4. The Morgan fingerprint density at radius 1 is 1.50 bits per heavy atom. The van der Waals surface area contributed by atoms with Crippen LogP contribution >= 0.6 is 11.6 Å². The largest absolute Gasteiger partial charge is 0.396 e. The first-order valence-corrected chi connectivity index (χ1v) is 3.95. The first-order valence-electron chi connectivity index (χ1n) is 3.58. The van der Waals surface area contributed by atoms with Gasteiger partial charge in [0.2, 0.25) is 0 Å². The molecule has 1 aromatic heterocycles. The number of nitrogens with two attached hydrogens (primary N) is 1. The van der Waals surface area contributed by atoms with Crippen molar-refractivity contribution in [2.24, 2.45) is 5.73 Å². The van der Waals surface area contributed by atoms with Crippen molar-refractivity contribution >= 4 is 11.6 Å². The molecule has 5 heteroatoms. The average molecular weight is 188 g/mol. The normalized spacial score (nSPS) is 12.9. The molecule has 0 radical (unpaired) electrons. The van der Waals surface area contributed by atoms with E-state index in [9.17, 15) is 0 Å². The topological polar surface area (TPSA) is 72.0 Å². The van der Waals surface area contributed by atoms with Crippen LogP contribution in [0.25, 0.3) is 0 Å². The Balaban J connectivity index is 2.68. The van der Waals surface area contributed by atoms with E-state index in [2.05, 4.69) is 9.97 Å². The molecule has 4 nitrogen and oxygen atoms in total. The van der Waals surface area contributed by atoms with Crippen LogP contribution in [-0.2, 0) is 0 Å². The molecule has 66 valence electrons. The molecule has 1 rings (SSSR count). The van der Waals surface area contributed by atoms with Crippen LogP contribution in [-0.4, -0.2) is 21.7 Å². The first-order chi connectivity index (χ1) is 5.74. The molecule has 0 amide bonds. The number of aliphatic hydroxyl groups is 1. The van der Waals surface area contributed by atoms with Gasteiger partial charge in [-0.2, -0.15) is 0 Å². The van der Waals surface area contributed by atoms with Gasteiger partial charge in [0, 0.05) is 6.61 Å². The lowest BCUT2D eigenvalue weighted by Gasteiger charge is -2.07. The predicted molar refractivity (Wildman–Crippen MR) is 45.7 cm³/mol. The van der Waals surface area contributed by atoms with Crippen molar-refractivity contribution in [3.8, 4) is 0 Å². The molecule has 1 aromatic rings. The van der Waals surface area contributed by atoms with Crippen LogP contribution in [0.5, 0.6) is 0 Å². The summed E-state index contributed by atoms with van der Waals surface area (Å²) in [5.74, 6) is 0. The highest BCUT2D eigenvalue weighted by molar-refractivity contribution is 6.29. The van der Waals surface area contributed by atoms with Gasteiger partial charge in [-0.1, -0.05) is 11.6 Å². The molecular formula is C7H10ClN3O. The van der Waals surface area contributed by atoms with Crippen molar-refractivity contribution in [3.05, 3.63) is 23.2 Å². The van der Waals surface area contributed by atoms with E-state index in [-0.39, 0.29) is 12.6 Å². The van der Waals surface area contributed by atoms with Gasteiger partial charge < -0.3 is 10.8 Å². The maximum absolute atomic E-state index is 8.60. The summed E-state index contributed by atoms with van der Waals surface area (Å²) < 4.78 is 0. The third kappa shape index (κ3) is 2.41. The molecule has 1 atom stereocenters. The highest BCUT2D eigenvalue weighted by Crippen LogP contribution is 2.10. The Labute approximate surface area is 75.4 Å². The second-order valence-electron chi connectivity index (χ2n) is 2.38. The second-order valence-corrected chi connectivity index (χ2v) is 2.77. The fourth-order valence-electron chi connectivity index (χ4n) is 0.801. The van der Waals surface area contributed by atoms with Crippen LogP contribution in [0.2, 0.25) is 5.15 Å². The Bertz CT molecular complexity index is 239. The summed E-state index contributed by atoms with van der Waals surface area (Å²) in [6.45, 7) is 0.0471. The lowest BCUT2D eigenvalue weighted by molar-refractivity contribution is 0.275. The maximum Gasteiger partial charge on any atom is 0.147 e. The summed E-state index contributed by atoms with van der Waals surface area (Å²) in [5.41, 5.74) is 6.30. The molecular weight excluding hydrogens is 178 g/mol. The standard InChI is InChI=1S/C7H10ClN3O/c8-7-4-10-6(3-11-7)5(9)1-2-12/h3-5,12H,1-2,9H2. The molecule has 12 heavy (non-hydrogen) atoms. The third-order valence-electron chi connectivity index (χ3n) is 1.46. The van der Waals surface area contributed by atoms with E-state index in [1.54, 1.807) is 0 Å². The van der Waals surface area contributed by atoms with Crippen LogP contribution in [0.3, 0.4) is 0 Å². The summed E-state index contributed by atoms with van der Waals surface area (Å²) in [6, 6.07) is -0.264. The maximum atomic E-state index is 8.60. The van der Waals surface area contributed by atoms with E-state index < -0.39 is 0 Å². The molecule has 0 aromatic carbocycles. The van der Waals surface area contributed by atoms with Crippen molar-refractivity contribution in [2.45, 2.75) is 12.5 Å². The quantitative estimate of drug-likeness (QED) is 0.724. The number of nitrogens with zero attached hydrogens (tertiary/aromatic N) is 2. The van der Waals surface area contributed by atoms with E-state index >= 15 is 0 Å². The van der Waals surface area contributed by atoms with E-state index in [4.69, 9.17) is 22.4 Å². The number of aliphatic hydroxyl groups excluding tert-OH is 1.